The number of hydrogen-bond acceptors (Lipinski definition) is 6. The van der Waals surface area contributed by atoms with Crippen LogP contribution in [0.5, 0.6) is 0 Å². The number of anilines is 4. The van der Waals surface area contributed by atoms with Crippen molar-refractivity contribution in [1.82, 2.24) is 15.0 Å². The van der Waals surface area contributed by atoms with Crippen molar-refractivity contribution >= 4 is 46.7 Å². The lowest BCUT2D eigenvalue weighted by molar-refractivity contribution is 0.953. The van der Waals surface area contributed by atoms with E-state index in [1.165, 1.54) is 0 Å². The molecule has 2 rings (SSSR count). The van der Waals surface area contributed by atoms with Gasteiger partial charge in [-0.3, -0.25) is 0 Å². The predicted molar refractivity (Wildman–Crippen MR) is 88.1 cm³/mol. The van der Waals surface area contributed by atoms with E-state index in [9.17, 15) is 0 Å². The van der Waals surface area contributed by atoms with Crippen LogP contribution < -0.4 is 15.5 Å². The van der Waals surface area contributed by atoms with E-state index in [1.807, 2.05) is 25.9 Å². The third kappa shape index (κ3) is 4.09. The van der Waals surface area contributed by atoms with Crippen LogP contribution in [0.4, 0.5) is 23.5 Å². The molecule has 1 heterocycles. The maximum atomic E-state index is 6.00. The van der Waals surface area contributed by atoms with Gasteiger partial charge >= 0.3 is 0 Å². The molecule has 21 heavy (non-hydrogen) atoms. The first-order valence-corrected chi connectivity index (χ1v) is 7.14. The Hall–Kier alpha value is -1.79. The van der Waals surface area contributed by atoms with Crippen LogP contribution in [0, 0.1) is 0 Å². The summed E-state index contributed by atoms with van der Waals surface area (Å²) in [5.74, 6) is 1.50. The predicted octanol–water partition coefficient (Wildman–Crippen LogP) is 3.42. The molecule has 2 aromatic rings. The first-order valence-electron chi connectivity index (χ1n) is 6.39. The third-order valence-corrected chi connectivity index (χ3v) is 3.27. The normalized spacial score (nSPS) is 10.3. The molecular weight excluding hydrogens is 311 g/mol. The second-order valence-electron chi connectivity index (χ2n) is 4.46. The summed E-state index contributed by atoms with van der Waals surface area (Å²) in [6.45, 7) is 2.70. The summed E-state index contributed by atoms with van der Waals surface area (Å²) >= 11 is 11.9. The number of nitrogens with zero attached hydrogens (tertiary/aromatic N) is 4. The van der Waals surface area contributed by atoms with E-state index >= 15 is 0 Å². The van der Waals surface area contributed by atoms with Crippen molar-refractivity contribution in [2.24, 2.45) is 0 Å². The molecule has 0 unspecified atom stereocenters. The van der Waals surface area contributed by atoms with Gasteiger partial charge in [-0.15, -0.1) is 0 Å². The van der Waals surface area contributed by atoms with Crippen molar-refractivity contribution in [3.63, 3.8) is 0 Å². The van der Waals surface area contributed by atoms with Gasteiger partial charge in [0.05, 0.1) is 10.0 Å². The molecule has 0 saturated carbocycles. The molecule has 0 radical (unpaired) electrons. The molecule has 112 valence electrons. The van der Waals surface area contributed by atoms with Crippen LogP contribution >= 0.6 is 23.2 Å². The number of aromatic nitrogens is 3. The Morgan fingerprint density at radius 1 is 1.05 bits per heavy atom. The molecule has 0 aliphatic carbocycles. The molecule has 8 heteroatoms. The fourth-order valence-corrected chi connectivity index (χ4v) is 1.86. The lowest BCUT2D eigenvalue weighted by Crippen LogP contribution is -2.16. The maximum absolute atomic E-state index is 6.00. The number of rotatable bonds is 5. The molecule has 0 aliphatic heterocycles. The summed E-state index contributed by atoms with van der Waals surface area (Å²) in [4.78, 5) is 14.8. The van der Waals surface area contributed by atoms with E-state index in [0.717, 1.165) is 12.2 Å². The summed E-state index contributed by atoms with van der Waals surface area (Å²) in [6, 6.07) is 5.24. The average Bonchev–Trinajstić information content (AvgIpc) is 2.43. The van der Waals surface area contributed by atoms with Crippen LogP contribution in [0.25, 0.3) is 0 Å². The highest BCUT2D eigenvalue weighted by Gasteiger charge is 2.08. The number of nitrogens with one attached hydrogen (secondary N) is 2. The zero-order valence-corrected chi connectivity index (χ0v) is 13.5. The summed E-state index contributed by atoms with van der Waals surface area (Å²) in [7, 11) is 3.74. The van der Waals surface area contributed by atoms with E-state index < -0.39 is 0 Å². The average molecular weight is 327 g/mol. The topological polar surface area (TPSA) is 66.0 Å². The summed E-state index contributed by atoms with van der Waals surface area (Å²) in [5, 5.41) is 7.14. The van der Waals surface area contributed by atoms with Gasteiger partial charge in [0.1, 0.15) is 0 Å². The van der Waals surface area contributed by atoms with Gasteiger partial charge in [-0.25, -0.2) is 0 Å². The Kier molecular flexibility index (Phi) is 5.03. The second-order valence-corrected chi connectivity index (χ2v) is 5.28. The quantitative estimate of drug-likeness (QED) is 0.877. The van der Waals surface area contributed by atoms with Gasteiger partial charge in [0.2, 0.25) is 17.8 Å². The van der Waals surface area contributed by atoms with Gasteiger partial charge < -0.3 is 15.5 Å². The van der Waals surface area contributed by atoms with Gasteiger partial charge in [-0.05, 0) is 25.1 Å². The molecule has 1 aromatic heterocycles. The molecule has 0 saturated heterocycles. The van der Waals surface area contributed by atoms with Gasteiger partial charge in [0.15, 0.2) is 0 Å². The highest BCUT2D eigenvalue weighted by Crippen LogP contribution is 2.26. The lowest BCUT2D eigenvalue weighted by atomic mass is 10.3. The molecule has 0 bridgehead atoms. The van der Waals surface area contributed by atoms with Crippen molar-refractivity contribution in [2.45, 2.75) is 6.92 Å². The molecule has 0 amide bonds. The van der Waals surface area contributed by atoms with Crippen LogP contribution in [-0.4, -0.2) is 35.6 Å². The van der Waals surface area contributed by atoms with Crippen molar-refractivity contribution in [1.29, 1.82) is 0 Å². The van der Waals surface area contributed by atoms with Gasteiger partial charge in [-0.1, -0.05) is 23.2 Å². The van der Waals surface area contributed by atoms with Crippen molar-refractivity contribution in [3.8, 4) is 0 Å². The van der Waals surface area contributed by atoms with Crippen LogP contribution in [0.2, 0.25) is 10.0 Å². The SMILES string of the molecule is CCNc1nc(Nc2ccc(Cl)c(Cl)c2)nc(N(C)C)n1. The van der Waals surface area contributed by atoms with E-state index in [4.69, 9.17) is 23.2 Å². The molecule has 0 atom stereocenters. The van der Waals surface area contributed by atoms with Crippen molar-refractivity contribution < 1.29 is 0 Å². The number of halogens is 2. The van der Waals surface area contributed by atoms with Crippen LogP contribution in [0.1, 0.15) is 6.92 Å². The van der Waals surface area contributed by atoms with Crippen molar-refractivity contribution in [2.75, 3.05) is 36.2 Å². The first kappa shape index (κ1) is 15.6. The van der Waals surface area contributed by atoms with Crippen LogP contribution in [0.15, 0.2) is 18.2 Å². The fourth-order valence-electron chi connectivity index (χ4n) is 1.56. The summed E-state index contributed by atoms with van der Waals surface area (Å²) < 4.78 is 0. The van der Waals surface area contributed by atoms with Gasteiger partial charge in [0.25, 0.3) is 0 Å². The standard InChI is InChI=1S/C13H16Cl2N6/c1-4-16-11-18-12(20-13(19-11)21(2)3)17-8-5-6-9(14)10(15)7-8/h5-7H,4H2,1-3H3,(H2,16,17,18,19,20). The molecule has 1 aromatic carbocycles. The monoisotopic (exact) mass is 326 g/mol. The minimum absolute atomic E-state index is 0.433. The van der Waals surface area contributed by atoms with E-state index in [2.05, 4.69) is 25.6 Å². The zero-order valence-electron chi connectivity index (χ0n) is 12.0. The Morgan fingerprint density at radius 3 is 2.38 bits per heavy atom. The highest BCUT2D eigenvalue weighted by atomic mass is 35.5. The Balaban J connectivity index is 2.31. The fraction of sp³-hybridized carbons (Fsp3) is 0.308. The third-order valence-electron chi connectivity index (χ3n) is 2.53. The molecule has 6 nitrogen and oxygen atoms in total. The first-order chi connectivity index (χ1) is 9.99. The highest BCUT2D eigenvalue weighted by molar-refractivity contribution is 6.42. The summed E-state index contributed by atoms with van der Waals surface area (Å²) in [6.07, 6.45) is 0. The number of hydrogen-bond donors (Lipinski definition) is 2. The van der Waals surface area contributed by atoms with Gasteiger partial charge in [-0.2, -0.15) is 15.0 Å². The molecule has 2 N–H and O–H groups in total. The zero-order chi connectivity index (χ0) is 15.4. The molecule has 0 aliphatic rings. The van der Waals surface area contributed by atoms with E-state index in [0.29, 0.717) is 27.9 Å². The Bertz CT molecular complexity index is 632. The largest absolute Gasteiger partial charge is 0.354 e. The minimum Gasteiger partial charge on any atom is -0.354 e. The second kappa shape index (κ2) is 6.78. The smallest absolute Gasteiger partial charge is 0.233 e. The number of benzene rings is 1. The van der Waals surface area contributed by atoms with E-state index in [-0.39, 0.29) is 0 Å². The molecule has 0 fully saturated rings. The molecular formula is C13H16Cl2N6. The van der Waals surface area contributed by atoms with Crippen LogP contribution in [-0.2, 0) is 0 Å². The van der Waals surface area contributed by atoms with E-state index in [1.54, 1.807) is 18.2 Å². The summed E-state index contributed by atoms with van der Waals surface area (Å²) in [5.41, 5.74) is 0.753. The minimum atomic E-state index is 0.433. The van der Waals surface area contributed by atoms with Crippen molar-refractivity contribution in [3.05, 3.63) is 28.2 Å². The van der Waals surface area contributed by atoms with Gasteiger partial charge in [0, 0.05) is 26.3 Å². The Labute approximate surface area is 133 Å². The maximum Gasteiger partial charge on any atom is 0.233 e. The Morgan fingerprint density at radius 2 is 1.76 bits per heavy atom. The van der Waals surface area contributed by atoms with Crippen LogP contribution in [0.3, 0.4) is 0 Å². The molecule has 0 spiro atoms. The lowest BCUT2D eigenvalue weighted by Gasteiger charge is -2.14.